The normalized spacial score (nSPS) is 23.9. The van der Waals surface area contributed by atoms with Gasteiger partial charge in [0.25, 0.3) is 0 Å². The molecule has 0 aliphatic carbocycles. The monoisotopic (exact) mass is 281 g/mol. The Labute approximate surface area is 105 Å². The Morgan fingerprint density at radius 3 is 3.12 bits per heavy atom. The predicted octanol–water partition coefficient (Wildman–Crippen LogP) is 2.85. The second kappa shape index (κ2) is 4.38. The number of ether oxygens (including phenoxy) is 1. The summed E-state index contributed by atoms with van der Waals surface area (Å²) in [5.41, 5.74) is 2.83. The van der Waals surface area contributed by atoms with Gasteiger partial charge in [-0.2, -0.15) is 0 Å². The molecule has 1 aromatic carbocycles. The van der Waals surface area contributed by atoms with Gasteiger partial charge in [-0.05, 0) is 58.4 Å². The molecule has 2 nitrogen and oxygen atoms in total. The molecule has 1 saturated heterocycles. The van der Waals surface area contributed by atoms with E-state index in [2.05, 4.69) is 33.4 Å². The van der Waals surface area contributed by atoms with Crippen LogP contribution in [0.2, 0.25) is 0 Å². The summed E-state index contributed by atoms with van der Waals surface area (Å²) in [7, 11) is 0. The molecule has 1 fully saturated rings. The minimum absolute atomic E-state index is 0.677. The second-order valence-corrected chi connectivity index (χ2v) is 5.49. The second-order valence-electron chi connectivity index (χ2n) is 4.63. The minimum atomic E-state index is 0.677. The summed E-state index contributed by atoms with van der Waals surface area (Å²) in [4.78, 5) is 0. The Morgan fingerprint density at radius 1 is 1.38 bits per heavy atom. The Bertz CT molecular complexity index is 399. The molecule has 2 aliphatic heterocycles. The highest BCUT2D eigenvalue weighted by atomic mass is 79.9. The van der Waals surface area contributed by atoms with E-state index in [1.807, 2.05) is 0 Å². The van der Waals surface area contributed by atoms with Crippen molar-refractivity contribution in [1.29, 1.82) is 0 Å². The van der Waals surface area contributed by atoms with Crippen LogP contribution in [0.1, 0.15) is 29.9 Å². The lowest BCUT2D eigenvalue weighted by Gasteiger charge is -2.23. The van der Waals surface area contributed by atoms with Crippen LogP contribution in [0.5, 0.6) is 5.75 Å². The largest absolute Gasteiger partial charge is 0.492 e. The minimum Gasteiger partial charge on any atom is -0.492 e. The van der Waals surface area contributed by atoms with Gasteiger partial charge >= 0.3 is 0 Å². The van der Waals surface area contributed by atoms with Crippen molar-refractivity contribution >= 4 is 15.9 Å². The summed E-state index contributed by atoms with van der Waals surface area (Å²) in [6.45, 7) is 3.12. The molecule has 0 aromatic heterocycles. The van der Waals surface area contributed by atoms with E-state index in [1.165, 1.54) is 30.5 Å². The van der Waals surface area contributed by atoms with Crippen LogP contribution >= 0.6 is 15.9 Å². The first kappa shape index (κ1) is 10.6. The number of hydrogen-bond acceptors (Lipinski definition) is 2. The van der Waals surface area contributed by atoms with Gasteiger partial charge in [0.15, 0.2) is 0 Å². The maximum absolute atomic E-state index is 5.61. The average molecular weight is 282 g/mol. The van der Waals surface area contributed by atoms with E-state index >= 15 is 0 Å². The molecule has 1 atom stereocenters. The highest BCUT2D eigenvalue weighted by Crippen LogP contribution is 2.37. The number of fused-ring (bicyclic) bond motifs is 1. The van der Waals surface area contributed by atoms with E-state index in [1.54, 1.807) is 0 Å². The van der Waals surface area contributed by atoms with Crippen molar-refractivity contribution in [3.05, 3.63) is 27.7 Å². The fourth-order valence-corrected chi connectivity index (χ4v) is 3.29. The highest BCUT2D eigenvalue weighted by Gasteiger charge is 2.21. The van der Waals surface area contributed by atoms with Gasteiger partial charge in [-0.1, -0.05) is 6.07 Å². The van der Waals surface area contributed by atoms with Gasteiger partial charge in [-0.15, -0.1) is 0 Å². The molecule has 3 heteroatoms. The molecule has 2 aliphatic rings. The highest BCUT2D eigenvalue weighted by molar-refractivity contribution is 9.10. The number of piperidine rings is 1. The smallest absolute Gasteiger partial charge is 0.136 e. The molecular formula is C13H16BrNO. The lowest BCUT2D eigenvalue weighted by atomic mass is 9.90. The van der Waals surface area contributed by atoms with Crippen molar-refractivity contribution in [3.8, 4) is 5.75 Å². The lowest BCUT2D eigenvalue weighted by molar-refractivity contribution is 0.355. The molecule has 0 saturated carbocycles. The van der Waals surface area contributed by atoms with E-state index in [0.29, 0.717) is 5.92 Å². The predicted molar refractivity (Wildman–Crippen MR) is 68.2 cm³/mol. The molecule has 0 bridgehead atoms. The summed E-state index contributed by atoms with van der Waals surface area (Å²) in [5.74, 6) is 1.74. The average Bonchev–Trinajstić information content (AvgIpc) is 2.79. The standard InChI is InChI=1S/C13H16BrNO/c14-12-7-11(10-2-1-4-15-8-10)6-9-3-5-16-13(9)12/h6-7,10,15H,1-5,8H2. The van der Waals surface area contributed by atoms with Gasteiger partial charge in [0.1, 0.15) is 5.75 Å². The van der Waals surface area contributed by atoms with Crippen LogP contribution < -0.4 is 10.1 Å². The maximum atomic E-state index is 5.61. The van der Waals surface area contributed by atoms with Gasteiger partial charge in [0, 0.05) is 13.0 Å². The van der Waals surface area contributed by atoms with Crippen LogP contribution in [0.4, 0.5) is 0 Å². The summed E-state index contributed by atoms with van der Waals surface area (Å²) in [6.07, 6.45) is 3.65. The number of hydrogen-bond donors (Lipinski definition) is 1. The van der Waals surface area contributed by atoms with Gasteiger partial charge in [-0.25, -0.2) is 0 Å². The zero-order valence-corrected chi connectivity index (χ0v) is 10.8. The number of rotatable bonds is 1. The number of halogens is 1. The van der Waals surface area contributed by atoms with E-state index in [-0.39, 0.29) is 0 Å². The zero-order chi connectivity index (χ0) is 11.0. The molecule has 86 valence electrons. The van der Waals surface area contributed by atoms with Gasteiger partial charge in [-0.3, -0.25) is 0 Å². The summed E-state index contributed by atoms with van der Waals surface area (Å²) >= 11 is 3.62. The number of nitrogens with one attached hydrogen (secondary N) is 1. The summed E-state index contributed by atoms with van der Waals surface area (Å²) in [6, 6.07) is 4.58. The van der Waals surface area contributed by atoms with E-state index in [4.69, 9.17) is 4.74 Å². The maximum Gasteiger partial charge on any atom is 0.136 e. The summed E-state index contributed by atoms with van der Waals surface area (Å²) in [5, 5.41) is 3.47. The number of benzene rings is 1. The molecule has 2 heterocycles. The van der Waals surface area contributed by atoms with Crippen molar-refractivity contribution in [3.63, 3.8) is 0 Å². The van der Waals surface area contributed by atoms with Crippen LogP contribution in [-0.4, -0.2) is 19.7 Å². The Morgan fingerprint density at radius 2 is 2.31 bits per heavy atom. The van der Waals surface area contributed by atoms with Crippen LogP contribution in [-0.2, 0) is 6.42 Å². The third-order valence-electron chi connectivity index (χ3n) is 3.53. The van der Waals surface area contributed by atoms with Crippen molar-refractivity contribution in [2.75, 3.05) is 19.7 Å². The zero-order valence-electron chi connectivity index (χ0n) is 9.26. The Hall–Kier alpha value is -0.540. The molecule has 1 unspecified atom stereocenters. The first-order chi connectivity index (χ1) is 7.84. The molecule has 16 heavy (non-hydrogen) atoms. The molecule has 1 aromatic rings. The van der Waals surface area contributed by atoms with E-state index < -0.39 is 0 Å². The van der Waals surface area contributed by atoms with Crippen LogP contribution in [0, 0.1) is 0 Å². The Kier molecular flexibility index (Phi) is 2.90. The Balaban J connectivity index is 1.92. The van der Waals surface area contributed by atoms with Gasteiger partial charge in [0.2, 0.25) is 0 Å². The molecule has 3 rings (SSSR count). The topological polar surface area (TPSA) is 21.3 Å². The quantitative estimate of drug-likeness (QED) is 0.855. The van der Waals surface area contributed by atoms with Gasteiger partial charge < -0.3 is 10.1 Å². The van der Waals surface area contributed by atoms with E-state index in [9.17, 15) is 0 Å². The fourth-order valence-electron chi connectivity index (χ4n) is 2.66. The van der Waals surface area contributed by atoms with Crippen molar-refractivity contribution in [2.24, 2.45) is 0 Å². The van der Waals surface area contributed by atoms with Gasteiger partial charge in [0.05, 0.1) is 11.1 Å². The molecule has 0 spiro atoms. The third kappa shape index (κ3) is 1.87. The first-order valence-corrected chi connectivity index (χ1v) is 6.80. The van der Waals surface area contributed by atoms with Crippen molar-refractivity contribution < 1.29 is 4.74 Å². The van der Waals surface area contributed by atoms with Crippen LogP contribution in [0.25, 0.3) is 0 Å². The molecular weight excluding hydrogens is 266 g/mol. The summed E-state index contributed by atoms with van der Waals surface area (Å²) < 4.78 is 6.74. The molecule has 1 N–H and O–H groups in total. The van der Waals surface area contributed by atoms with Crippen molar-refractivity contribution in [1.82, 2.24) is 5.32 Å². The van der Waals surface area contributed by atoms with Crippen LogP contribution in [0.15, 0.2) is 16.6 Å². The van der Waals surface area contributed by atoms with Crippen LogP contribution in [0.3, 0.4) is 0 Å². The lowest BCUT2D eigenvalue weighted by Crippen LogP contribution is -2.28. The first-order valence-electron chi connectivity index (χ1n) is 6.00. The SMILES string of the molecule is Brc1cc(C2CCCNC2)cc2c1OCC2. The molecule has 0 radical (unpaired) electrons. The third-order valence-corrected chi connectivity index (χ3v) is 4.12. The van der Waals surface area contributed by atoms with E-state index in [0.717, 1.165) is 29.8 Å². The molecule has 0 amide bonds. The van der Waals surface area contributed by atoms with Crippen molar-refractivity contribution in [2.45, 2.75) is 25.2 Å². The fraction of sp³-hybridized carbons (Fsp3) is 0.538.